The van der Waals surface area contributed by atoms with Crippen molar-refractivity contribution in [1.29, 1.82) is 0 Å². The molecule has 28 heavy (non-hydrogen) atoms. The number of phenols is 1. The molecule has 0 spiro atoms. The van der Waals surface area contributed by atoms with Crippen molar-refractivity contribution < 1.29 is 9.84 Å². The van der Waals surface area contributed by atoms with Crippen LogP contribution in [-0.2, 0) is 4.74 Å². The Bertz CT molecular complexity index is 1120. The standard InChI is InChI=1S/C21H19N5O2/c27-17-8-4-5-15(13-17)18-19-20(24-21(23-18)25-9-11-28-12-10-25)26(14-22-19)16-6-2-1-3-7-16/h1-8,13-14,27H,9-12H2. The monoisotopic (exact) mass is 373 g/mol. The summed E-state index contributed by atoms with van der Waals surface area (Å²) in [6.07, 6.45) is 1.77. The molecule has 4 aromatic rings. The molecule has 0 bridgehead atoms. The number of aromatic nitrogens is 4. The van der Waals surface area contributed by atoms with Crippen molar-refractivity contribution in [3.63, 3.8) is 0 Å². The first kappa shape index (κ1) is 16.7. The summed E-state index contributed by atoms with van der Waals surface area (Å²) in [5.74, 6) is 0.839. The van der Waals surface area contributed by atoms with E-state index in [0.29, 0.717) is 30.4 Å². The maximum atomic E-state index is 9.95. The van der Waals surface area contributed by atoms with Gasteiger partial charge in [-0.1, -0.05) is 30.3 Å². The average Bonchev–Trinajstić information content (AvgIpc) is 3.18. The molecule has 5 rings (SSSR count). The zero-order valence-electron chi connectivity index (χ0n) is 15.2. The number of aromatic hydroxyl groups is 1. The highest BCUT2D eigenvalue weighted by molar-refractivity contribution is 5.89. The molecule has 1 aliphatic rings. The summed E-state index contributed by atoms with van der Waals surface area (Å²) >= 11 is 0. The first-order chi connectivity index (χ1) is 13.8. The van der Waals surface area contributed by atoms with Crippen molar-refractivity contribution in [3.8, 4) is 22.7 Å². The first-order valence-corrected chi connectivity index (χ1v) is 9.22. The van der Waals surface area contributed by atoms with Crippen LogP contribution in [0.25, 0.3) is 28.1 Å². The molecule has 0 atom stereocenters. The Morgan fingerprint density at radius 1 is 0.929 bits per heavy atom. The van der Waals surface area contributed by atoms with E-state index in [1.54, 1.807) is 24.5 Å². The van der Waals surface area contributed by atoms with Crippen LogP contribution in [0.2, 0.25) is 0 Å². The van der Waals surface area contributed by atoms with Gasteiger partial charge in [0.25, 0.3) is 0 Å². The van der Waals surface area contributed by atoms with E-state index in [1.165, 1.54) is 0 Å². The summed E-state index contributed by atoms with van der Waals surface area (Å²) in [5.41, 5.74) is 3.93. The number of phenolic OH excluding ortho intramolecular Hbond substituents is 1. The third-order valence-corrected chi connectivity index (χ3v) is 4.83. The molecule has 2 aromatic heterocycles. The number of para-hydroxylation sites is 1. The lowest BCUT2D eigenvalue weighted by Crippen LogP contribution is -2.37. The molecular formula is C21H19N5O2. The van der Waals surface area contributed by atoms with Crippen molar-refractivity contribution in [3.05, 3.63) is 60.9 Å². The van der Waals surface area contributed by atoms with Gasteiger partial charge in [-0.2, -0.15) is 4.98 Å². The highest BCUT2D eigenvalue weighted by Gasteiger charge is 2.20. The summed E-state index contributed by atoms with van der Waals surface area (Å²) < 4.78 is 7.44. The van der Waals surface area contributed by atoms with Crippen molar-refractivity contribution in [2.75, 3.05) is 31.2 Å². The molecule has 0 radical (unpaired) electrons. The fourth-order valence-electron chi connectivity index (χ4n) is 3.43. The summed E-state index contributed by atoms with van der Waals surface area (Å²) in [4.78, 5) is 16.4. The molecule has 1 fully saturated rings. The highest BCUT2D eigenvalue weighted by atomic mass is 16.5. The van der Waals surface area contributed by atoms with Crippen LogP contribution in [0.5, 0.6) is 5.75 Å². The van der Waals surface area contributed by atoms with Crippen LogP contribution < -0.4 is 4.90 Å². The molecule has 2 aromatic carbocycles. The highest BCUT2D eigenvalue weighted by Crippen LogP contribution is 2.30. The van der Waals surface area contributed by atoms with Gasteiger partial charge in [-0.25, -0.2) is 9.97 Å². The Morgan fingerprint density at radius 3 is 2.54 bits per heavy atom. The van der Waals surface area contributed by atoms with E-state index >= 15 is 0 Å². The number of rotatable bonds is 3. The maximum absolute atomic E-state index is 9.95. The second-order valence-electron chi connectivity index (χ2n) is 6.64. The van der Waals surface area contributed by atoms with Crippen LogP contribution in [-0.4, -0.2) is 50.9 Å². The van der Waals surface area contributed by atoms with Crippen molar-refractivity contribution >= 4 is 17.1 Å². The summed E-state index contributed by atoms with van der Waals surface area (Å²) in [6.45, 7) is 2.79. The Hall–Kier alpha value is -3.45. The molecule has 7 nitrogen and oxygen atoms in total. The van der Waals surface area contributed by atoms with Crippen LogP contribution in [0, 0.1) is 0 Å². The lowest BCUT2D eigenvalue weighted by Gasteiger charge is -2.27. The second-order valence-corrected chi connectivity index (χ2v) is 6.64. The lowest BCUT2D eigenvalue weighted by molar-refractivity contribution is 0.122. The third kappa shape index (κ3) is 2.95. The maximum Gasteiger partial charge on any atom is 0.228 e. The minimum absolute atomic E-state index is 0.194. The van der Waals surface area contributed by atoms with Gasteiger partial charge in [0.1, 0.15) is 23.3 Å². The Balaban J connectivity index is 1.74. The number of hydrogen-bond acceptors (Lipinski definition) is 6. The van der Waals surface area contributed by atoms with Crippen molar-refractivity contribution in [1.82, 2.24) is 19.5 Å². The van der Waals surface area contributed by atoms with Gasteiger partial charge in [-0.3, -0.25) is 4.57 Å². The van der Waals surface area contributed by atoms with Crippen LogP contribution in [0.3, 0.4) is 0 Å². The van der Waals surface area contributed by atoms with Crippen LogP contribution >= 0.6 is 0 Å². The minimum Gasteiger partial charge on any atom is -0.508 e. The SMILES string of the molecule is Oc1cccc(-c2nc(N3CCOCC3)nc3c2ncn3-c2ccccc2)c1. The quantitative estimate of drug-likeness (QED) is 0.595. The number of ether oxygens (including phenoxy) is 1. The van der Waals surface area contributed by atoms with Gasteiger partial charge in [-0.15, -0.1) is 0 Å². The zero-order valence-corrected chi connectivity index (χ0v) is 15.2. The van der Waals surface area contributed by atoms with Crippen LogP contribution in [0.4, 0.5) is 5.95 Å². The molecule has 140 valence electrons. The Kier molecular flexibility index (Phi) is 4.14. The number of morpholine rings is 1. The lowest BCUT2D eigenvalue weighted by atomic mass is 10.1. The number of fused-ring (bicyclic) bond motifs is 1. The molecule has 0 aliphatic carbocycles. The number of anilines is 1. The fraction of sp³-hybridized carbons (Fsp3) is 0.190. The molecule has 0 unspecified atom stereocenters. The van der Waals surface area contributed by atoms with E-state index < -0.39 is 0 Å². The van der Waals surface area contributed by atoms with Gasteiger partial charge in [0.2, 0.25) is 5.95 Å². The minimum atomic E-state index is 0.194. The van der Waals surface area contributed by atoms with E-state index in [0.717, 1.165) is 30.0 Å². The van der Waals surface area contributed by atoms with E-state index in [-0.39, 0.29) is 5.75 Å². The third-order valence-electron chi connectivity index (χ3n) is 4.83. The summed E-state index contributed by atoms with van der Waals surface area (Å²) in [6, 6.07) is 17.1. The predicted molar refractivity (Wildman–Crippen MR) is 107 cm³/mol. The Labute approximate surface area is 161 Å². The van der Waals surface area contributed by atoms with Crippen molar-refractivity contribution in [2.45, 2.75) is 0 Å². The molecule has 1 aliphatic heterocycles. The predicted octanol–water partition coefficient (Wildman–Crippen LogP) is 3.02. The average molecular weight is 373 g/mol. The summed E-state index contributed by atoms with van der Waals surface area (Å²) in [7, 11) is 0. The normalized spacial score (nSPS) is 14.5. The molecule has 7 heteroatoms. The van der Waals surface area contributed by atoms with Crippen LogP contribution in [0.1, 0.15) is 0 Å². The van der Waals surface area contributed by atoms with Gasteiger partial charge in [-0.05, 0) is 24.3 Å². The fourth-order valence-corrected chi connectivity index (χ4v) is 3.43. The summed E-state index contributed by atoms with van der Waals surface area (Å²) in [5, 5.41) is 9.95. The molecule has 3 heterocycles. The molecule has 1 N–H and O–H groups in total. The number of nitrogens with zero attached hydrogens (tertiary/aromatic N) is 5. The second kappa shape index (κ2) is 6.94. The first-order valence-electron chi connectivity index (χ1n) is 9.22. The number of benzene rings is 2. The van der Waals surface area contributed by atoms with E-state index in [1.807, 2.05) is 41.0 Å². The molecule has 0 amide bonds. The van der Waals surface area contributed by atoms with E-state index in [2.05, 4.69) is 9.88 Å². The van der Waals surface area contributed by atoms with Gasteiger partial charge in [0.15, 0.2) is 5.65 Å². The van der Waals surface area contributed by atoms with Gasteiger partial charge in [0.05, 0.1) is 13.2 Å². The van der Waals surface area contributed by atoms with Crippen LogP contribution in [0.15, 0.2) is 60.9 Å². The molecule has 1 saturated heterocycles. The number of hydrogen-bond donors (Lipinski definition) is 1. The van der Waals surface area contributed by atoms with E-state index in [9.17, 15) is 5.11 Å². The van der Waals surface area contributed by atoms with Crippen molar-refractivity contribution in [2.24, 2.45) is 0 Å². The molecule has 0 saturated carbocycles. The number of imidazole rings is 1. The van der Waals surface area contributed by atoms with E-state index in [4.69, 9.17) is 14.7 Å². The van der Waals surface area contributed by atoms with Gasteiger partial charge < -0.3 is 14.7 Å². The topological polar surface area (TPSA) is 76.3 Å². The Morgan fingerprint density at radius 2 is 1.75 bits per heavy atom. The largest absolute Gasteiger partial charge is 0.508 e. The van der Waals surface area contributed by atoms with Gasteiger partial charge in [0, 0.05) is 24.3 Å². The smallest absolute Gasteiger partial charge is 0.228 e. The zero-order chi connectivity index (χ0) is 18.9. The van der Waals surface area contributed by atoms with Gasteiger partial charge >= 0.3 is 0 Å². The molecular weight excluding hydrogens is 354 g/mol.